The number of aromatic nitrogens is 5. The highest BCUT2D eigenvalue weighted by molar-refractivity contribution is 5.68. The van der Waals surface area contributed by atoms with Gasteiger partial charge in [0.25, 0.3) is 0 Å². The van der Waals surface area contributed by atoms with Gasteiger partial charge in [0.1, 0.15) is 0 Å². The number of ether oxygens (including phenoxy) is 2. The van der Waals surface area contributed by atoms with Gasteiger partial charge in [-0.1, -0.05) is 0 Å². The van der Waals surface area contributed by atoms with Crippen molar-refractivity contribution in [1.29, 1.82) is 0 Å². The maximum atomic E-state index is 13.7. The van der Waals surface area contributed by atoms with Crippen LogP contribution in [0, 0.1) is 0 Å². The molecule has 10 heteroatoms. The minimum Gasteiger partial charge on any atom is -0.480 e. The molecule has 0 bridgehead atoms. The molecule has 3 aromatic rings. The van der Waals surface area contributed by atoms with Crippen LogP contribution in [0.15, 0.2) is 24.7 Å². The molecule has 0 spiro atoms. The van der Waals surface area contributed by atoms with Crippen molar-refractivity contribution in [1.82, 2.24) is 24.6 Å². The zero-order valence-electron chi connectivity index (χ0n) is 13.9. The Morgan fingerprint density at radius 3 is 2.54 bits per heavy atom. The molecule has 1 saturated carbocycles. The van der Waals surface area contributed by atoms with E-state index < -0.39 is 11.6 Å². The van der Waals surface area contributed by atoms with Crippen molar-refractivity contribution in [3.8, 4) is 23.1 Å². The smallest absolute Gasteiger partial charge is 0.398 e. The Balaban J connectivity index is 1.94. The molecule has 0 amide bonds. The van der Waals surface area contributed by atoms with Gasteiger partial charge >= 0.3 is 12.2 Å². The summed E-state index contributed by atoms with van der Waals surface area (Å²) in [5.41, 5.74) is -0.976. The SMILES string of the molecule is COc1ncc(-c2cc(C3(C(F)(F)F)CC3)c3nccn3n2)c(OC)n1. The van der Waals surface area contributed by atoms with Crippen LogP contribution in [-0.4, -0.2) is 45.0 Å². The van der Waals surface area contributed by atoms with Crippen molar-refractivity contribution in [3.63, 3.8) is 0 Å². The van der Waals surface area contributed by atoms with Gasteiger partial charge in [0, 0.05) is 24.2 Å². The zero-order valence-corrected chi connectivity index (χ0v) is 13.9. The van der Waals surface area contributed by atoms with Crippen LogP contribution >= 0.6 is 0 Å². The van der Waals surface area contributed by atoms with Gasteiger partial charge in [-0.25, -0.2) is 14.5 Å². The quantitative estimate of drug-likeness (QED) is 0.708. The number of alkyl halides is 3. The summed E-state index contributed by atoms with van der Waals surface area (Å²) in [6.07, 6.45) is 0.0260. The maximum Gasteiger partial charge on any atom is 0.398 e. The third-order valence-corrected chi connectivity index (χ3v) is 4.55. The molecular formula is C16H14F3N5O2. The highest BCUT2D eigenvalue weighted by Gasteiger charge is 2.65. The monoisotopic (exact) mass is 365 g/mol. The number of imidazole rings is 1. The Morgan fingerprint density at radius 2 is 1.92 bits per heavy atom. The number of hydrogen-bond acceptors (Lipinski definition) is 6. The van der Waals surface area contributed by atoms with Crippen LogP contribution in [0.2, 0.25) is 0 Å². The molecule has 26 heavy (non-hydrogen) atoms. The van der Waals surface area contributed by atoms with E-state index in [1.807, 2.05) is 0 Å². The van der Waals surface area contributed by atoms with E-state index in [0.29, 0.717) is 5.56 Å². The van der Waals surface area contributed by atoms with Gasteiger partial charge in [-0.2, -0.15) is 23.3 Å². The largest absolute Gasteiger partial charge is 0.480 e. The summed E-state index contributed by atoms with van der Waals surface area (Å²) in [6.45, 7) is 0. The average Bonchev–Trinajstić information content (AvgIpc) is 3.32. The molecule has 1 fully saturated rings. The van der Waals surface area contributed by atoms with Crippen LogP contribution in [-0.2, 0) is 5.41 Å². The van der Waals surface area contributed by atoms with Crippen molar-refractivity contribution in [2.75, 3.05) is 14.2 Å². The summed E-state index contributed by atoms with van der Waals surface area (Å²) in [6, 6.07) is 1.49. The second-order valence-electron chi connectivity index (χ2n) is 6.00. The van der Waals surface area contributed by atoms with Gasteiger partial charge in [-0.15, -0.1) is 0 Å². The lowest BCUT2D eigenvalue weighted by atomic mass is 9.95. The molecular weight excluding hydrogens is 351 g/mol. The maximum absolute atomic E-state index is 13.7. The van der Waals surface area contributed by atoms with Gasteiger partial charge in [0.2, 0.25) is 5.88 Å². The Hall–Kier alpha value is -2.91. The van der Waals surface area contributed by atoms with Crippen LogP contribution in [0.1, 0.15) is 18.4 Å². The first kappa shape index (κ1) is 16.6. The first-order valence-corrected chi connectivity index (χ1v) is 7.76. The van der Waals surface area contributed by atoms with Gasteiger partial charge in [0.05, 0.1) is 30.9 Å². The Bertz CT molecular complexity index is 982. The van der Waals surface area contributed by atoms with Crippen molar-refractivity contribution >= 4 is 5.65 Å². The summed E-state index contributed by atoms with van der Waals surface area (Å²) in [4.78, 5) is 12.1. The van der Waals surface area contributed by atoms with Crippen LogP contribution in [0.4, 0.5) is 13.2 Å². The fraction of sp³-hybridized carbons (Fsp3) is 0.375. The average molecular weight is 365 g/mol. The number of fused-ring (bicyclic) bond motifs is 1. The number of halogens is 3. The molecule has 3 heterocycles. The summed E-state index contributed by atoms with van der Waals surface area (Å²) >= 11 is 0. The van der Waals surface area contributed by atoms with E-state index in [1.165, 1.54) is 43.4 Å². The molecule has 3 aromatic heterocycles. The third-order valence-electron chi connectivity index (χ3n) is 4.55. The topological polar surface area (TPSA) is 74.4 Å². The summed E-state index contributed by atoms with van der Waals surface area (Å²) in [5.74, 6) is 0.159. The van der Waals surface area contributed by atoms with E-state index in [1.54, 1.807) is 0 Å². The lowest BCUT2D eigenvalue weighted by molar-refractivity contribution is -0.160. The molecule has 0 unspecified atom stereocenters. The van der Waals surface area contributed by atoms with E-state index in [4.69, 9.17) is 9.47 Å². The number of rotatable bonds is 4. The number of hydrogen-bond donors (Lipinski definition) is 0. The summed E-state index contributed by atoms with van der Waals surface area (Å²) in [7, 11) is 2.81. The van der Waals surface area contributed by atoms with Crippen LogP contribution in [0.3, 0.4) is 0 Å². The molecule has 0 aliphatic heterocycles. The molecule has 4 rings (SSSR count). The molecule has 1 aliphatic rings. The first-order valence-electron chi connectivity index (χ1n) is 7.76. The van der Waals surface area contributed by atoms with Gasteiger partial charge < -0.3 is 9.47 Å². The fourth-order valence-electron chi connectivity index (χ4n) is 3.01. The molecule has 0 radical (unpaired) electrons. The molecule has 1 aliphatic carbocycles. The number of nitrogens with zero attached hydrogens (tertiary/aromatic N) is 5. The van der Waals surface area contributed by atoms with E-state index in [2.05, 4.69) is 20.1 Å². The minimum atomic E-state index is -4.36. The predicted molar refractivity (Wildman–Crippen MR) is 84.1 cm³/mol. The number of methoxy groups -OCH3 is 2. The Morgan fingerprint density at radius 1 is 1.15 bits per heavy atom. The normalized spacial score (nSPS) is 15.9. The van der Waals surface area contributed by atoms with Crippen LogP contribution < -0.4 is 9.47 Å². The molecule has 0 atom stereocenters. The van der Waals surface area contributed by atoms with Gasteiger partial charge in [-0.3, -0.25) is 0 Å². The van der Waals surface area contributed by atoms with E-state index in [-0.39, 0.29) is 41.6 Å². The lowest BCUT2D eigenvalue weighted by Crippen LogP contribution is -2.29. The fourth-order valence-corrected chi connectivity index (χ4v) is 3.01. The molecule has 0 N–H and O–H groups in total. The predicted octanol–water partition coefficient (Wildman–Crippen LogP) is 2.80. The van der Waals surface area contributed by atoms with Crippen molar-refractivity contribution in [2.24, 2.45) is 0 Å². The van der Waals surface area contributed by atoms with Gasteiger partial charge in [-0.05, 0) is 18.9 Å². The molecule has 0 saturated heterocycles. The van der Waals surface area contributed by atoms with E-state index >= 15 is 0 Å². The van der Waals surface area contributed by atoms with E-state index in [0.717, 1.165) is 0 Å². The first-order chi connectivity index (χ1) is 12.4. The Kier molecular flexibility index (Phi) is 3.53. The van der Waals surface area contributed by atoms with Crippen LogP contribution in [0.5, 0.6) is 11.9 Å². The van der Waals surface area contributed by atoms with Crippen molar-refractivity contribution in [3.05, 3.63) is 30.2 Å². The van der Waals surface area contributed by atoms with Crippen LogP contribution in [0.25, 0.3) is 16.9 Å². The second-order valence-corrected chi connectivity index (χ2v) is 6.00. The highest BCUT2D eigenvalue weighted by Crippen LogP contribution is 2.59. The zero-order chi connectivity index (χ0) is 18.5. The lowest BCUT2D eigenvalue weighted by Gasteiger charge is -2.20. The Labute approximate surface area is 145 Å². The van der Waals surface area contributed by atoms with Gasteiger partial charge in [0.15, 0.2) is 5.65 Å². The highest BCUT2D eigenvalue weighted by atomic mass is 19.4. The summed E-state index contributed by atoms with van der Waals surface area (Å²) in [5, 5.41) is 4.34. The molecule has 7 nitrogen and oxygen atoms in total. The molecule has 0 aromatic carbocycles. The molecule has 136 valence electrons. The standard InChI is InChI=1S/C16H14F3N5O2/c1-25-13-9(8-21-14(22-13)26-2)11-7-10(12-20-5-6-24(12)23-11)15(3-4-15)16(17,18)19/h5-8H,3-4H2,1-2H3. The third kappa shape index (κ3) is 2.36. The van der Waals surface area contributed by atoms with Crippen molar-refractivity contribution in [2.45, 2.75) is 24.4 Å². The minimum absolute atomic E-state index is 0.0265. The summed E-state index contributed by atoms with van der Waals surface area (Å²) < 4.78 is 52.5. The second kappa shape index (κ2) is 5.55. The van der Waals surface area contributed by atoms with Crippen molar-refractivity contribution < 1.29 is 22.6 Å². The van der Waals surface area contributed by atoms with E-state index in [9.17, 15) is 13.2 Å².